The zero-order valence-electron chi connectivity index (χ0n) is 33.7. The fourth-order valence-electron chi connectivity index (χ4n) is 6.90. The van der Waals surface area contributed by atoms with E-state index < -0.39 is 25.1 Å². The van der Waals surface area contributed by atoms with Gasteiger partial charge in [-0.2, -0.15) is 14.8 Å². The molecule has 322 valence electrons. The molecule has 2 saturated heterocycles. The molecule has 4 aromatic carbocycles. The summed E-state index contributed by atoms with van der Waals surface area (Å²) >= 11 is 0. The fourth-order valence-corrected chi connectivity index (χ4v) is 10.3. The summed E-state index contributed by atoms with van der Waals surface area (Å²) in [6.07, 6.45) is 0.654. The van der Waals surface area contributed by atoms with E-state index in [-0.39, 0.29) is 59.3 Å². The predicted octanol–water partition coefficient (Wildman–Crippen LogP) is 8.16. The molecule has 2 N–H and O–H groups in total. The van der Waals surface area contributed by atoms with Crippen molar-refractivity contribution in [3.8, 4) is 35.1 Å². The molecule has 0 saturated carbocycles. The first-order chi connectivity index (χ1) is 27.5. The highest BCUT2D eigenvalue weighted by molar-refractivity contribution is 7.92. The van der Waals surface area contributed by atoms with Gasteiger partial charge in [-0.15, -0.1) is 0 Å². The molecule has 2 amide bonds. The van der Waals surface area contributed by atoms with Crippen molar-refractivity contribution in [3.05, 3.63) is 106 Å². The number of aryl methyl sites for hydroxylation is 4. The maximum absolute atomic E-state index is 13.5. The SMILES string of the molecule is C.C.Cc1cc(C)cc(Oc2ccc(C#N)cc2S(=O)(=O)C2CCN(C(=O)NC(C)C)CC2)c1.Cc1cc(C)cc(Oc2ccc(C#N)cc2S(=O)(=O)N2CCNCC2)c1. The number of hydrogen-bond donors (Lipinski definition) is 2. The third-order valence-electron chi connectivity index (χ3n) is 9.57. The molecular formula is C45H58N6O7S2. The van der Waals surface area contributed by atoms with Crippen LogP contribution in [0.25, 0.3) is 0 Å². The van der Waals surface area contributed by atoms with Crippen LogP contribution >= 0.6 is 0 Å². The molecule has 60 heavy (non-hydrogen) atoms. The number of benzene rings is 4. The first-order valence-corrected chi connectivity index (χ1v) is 22.1. The van der Waals surface area contributed by atoms with Crippen LogP contribution in [0.4, 0.5) is 4.79 Å². The van der Waals surface area contributed by atoms with E-state index in [1.54, 1.807) is 23.1 Å². The summed E-state index contributed by atoms with van der Waals surface area (Å²) in [4.78, 5) is 13.9. The molecule has 2 aliphatic rings. The van der Waals surface area contributed by atoms with Gasteiger partial charge in [0.05, 0.1) is 28.5 Å². The van der Waals surface area contributed by atoms with E-state index in [2.05, 4.69) is 10.6 Å². The van der Waals surface area contributed by atoms with Crippen LogP contribution in [0.15, 0.2) is 82.6 Å². The van der Waals surface area contributed by atoms with Gasteiger partial charge >= 0.3 is 6.03 Å². The minimum atomic E-state index is -3.77. The number of nitrogens with one attached hydrogen (secondary N) is 2. The van der Waals surface area contributed by atoms with Crippen molar-refractivity contribution in [2.24, 2.45) is 0 Å². The standard InChI is InChI=1S/C24H29N3O4S.C19H21N3O3S.2CH4/c1-16(2)26-24(28)27-9-7-21(8-10-27)32(29,30)23-14-19(15-25)5-6-22(23)31-20-12-17(3)11-18(4)13-20;1-14-9-15(2)11-17(10-14)25-18-4-3-16(13-20)12-19(18)26(23,24)22-7-5-21-6-8-22;;/h5-6,11-14,16,21H,7-10H2,1-4H3,(H,26,28);3-4,9-12,21H,5-8H2,1-2H3;2*1H4. The number of rotatable bonds is 9. The number of piperidine rings is 1. The number of piperazine rings is 1. The first kappa shape index (κ1) is 48.9. The van der Waals surface area contributed by atoms with E-state index in [0.717, 1.165) is 22.3 Å². The third-order valence-corrected chi connectivity index (χ3v) is 13.8. The van der Waals surface area contributed by atoms with Crippen molar-refractivity contribution in [3.63, 3.8) is 0 Å². The normalized spacial score (nSPS) is 14.6. The molecule has 0 radical (unpaired) electrons. The van der Waals surface area contributed by atoms with Gasteiger partial charge in [0.2, 0.25) is 10.0 Å². The van der Waals surface area contributed by atoms with E-state index >= 15 is 0 Å². The zero-order valence-corrected chi connectivity index (χ0v) is 35.3. The fraction of sp³-hybridized carbons (Fsp3) is 0.400. The lowest BCUT2D eigenvalue weighted by atomic mass is 10.1. The van der Waals surface area contributed by atoms with Crippen LogP contribution < -0.4 is 20.1 Å². The van der Waals surface area contributed by atoms with Crippen molar-refractivity contribution in [2.75, 3.05) is 39.3 Å². The van der Waals surface area contributed by atoms with Crippen LogP contribution in [0.5, 0.6) is 23.0 Å². The van der Waals surface area contributed by atoms with Crippen molar-refractivity contribution in [1.82, 2.24) is 19.8 Å². The number of likely N-dealkylation sites (tertiary alicyclic amines) is 1. The monoisotopic (exact) mass is 858 g/mol. The Hall–Kier alpha value is -5.45. The first-order valence-electron chi connectivity index (χ1n) is 19.1. The second-order valence-electron chi connectivity index (χ2n) is 14.9. The van der Waals surface area contributed by atoms with Gasteiger partial charge in [0.1, 0.15) is 32.8 Å². The Bertz CT molecular complexity index is 2400. The summed E-state index contributed by atoms with van der Waals surface area (Å²) in [5.74, 6) is 1.55. The molecule has 0 atom stereocenters. The molecule has 0 aromatic heterocycles. The lowest BCUT2D eigenvalue weighted by molar-refractivity contribution is 0.184. The number of nitriles is 2. The second-order valence-corrected chi connectivity index (χ2v) is 19.0. The van der Waals surface area contributed by atoms with Crippen LogP contribution in [-0.2, 0) is 19.9 Å². The van der Waals surface area contributed by atoms with Gasteiger partial charge in [0.15, 0.2) is 9.84 Å². The Kier molecular flexibility index (Phi) is 17.3. The number of carbonyl (C=O) groups is 1. The van der Waals surface area contributed by atoms with Gasteiger partial charge in [-0.05, 0) is 137 Å². The molecule has 4 aromatic rings. The maximum atomic E-state index is 13.5. The summed E-state index contributed by atoms with van der Waals surface area (Å²) in [6.45, 7) is 14.3. The summed E-state index contributed by atoms with van der Waals surface area (Å²) in [7, 11) is -7.52. The molecule has 15 heteroatoms. The van der Waals surface area contributed by atoms with E-state index in [4.69, 9.17) is 9.47 Å². The Morgan fingerprint density at radius 2 is 1.13 bits per heavy atom. The summed E-state index contributed by atoms with van der Waals surface area (Å²) in [5.41, 5.74) is 4.60. The summed E-state index contributed by atoms with van der Waals surface area (Å²) < 4.78 is 66.6. The number of hydrogen-bond acceptors (Lipinski definition) is 10. The average molecular weight is 859 g/mol. The van der Waals surface area contributed by atoms with Gasteiger partial charge in [0.25, 0.3) is 0 Å². The van der Waals surface area contributed by atoms with Gasteiger partial charge < -0.3 is 25.0 Å². The van der Waals surface area contributed by atoms with Crippen LogP contribution in [0.2, 0.25) is 0 Å². The van der Waals surface area contributed by atoms with Crippen LogP contribution in [0.1, 0.15) is 74.9 Å². The quantitative estimate of drug-likeness (QED) is 0.167. The van der Waals surface area contributed by atoms with E-state index in [1.165, 1.54) is 22.5 Å². The number of amides is 2. The Morgan fingerprint density at radius 1 is 0.700 bits per heavy atom. The predicted molar refractivity (Wildman–Crippen MR) is 235 cm³/mol. The molecule has 0 unspecified atom stereocenters. The topological polar surface area (TPSA) is 182 Å². The molecule has 0 aliphatic carbocycles. The summed E-state index contributed by atoms with van der Waals surface area (Å²) in [6, 6.07) is 24.2. The number of carbonyl (C=O) groups excluding carboxylic acids is 1. The molecule has 2 heterocycles. The highest BCUT2D eigenvalue weighted by atomic mass is 32.2. The highest BCUT2D eigenvalue weighted by Gasteiger charge is 2.35. The highest BCUT2D eigenvalue weighted by Crippen LogP contribution is 2.36. The molecule has 13 nitrogen and oxygen atoms in total. The number of urea groups is 1. The van der Waals surface area contributed by atoms with Crippen molar-refractivity contribution in [2.45, 2.75) is 90.3 Å². The smallest absolute Gasteiger partial charge is 0.317 e. The van der Waals surface area contributed by atoms with Crippen molar-refractivity contribution < 1.29 is 31.1 Å². The summed E-state index contributed by atoms with van der Waals surface area (Å²) in [5, 5.41) is 23.8. The molecule has 6 rings (SSSR count). The second kappa shape index (κ2) is 21.2. The molecule has 0 spiro atoms. The third kappa shape index (κ3) is 12.3. The van der Waals surface area contributed by atoms with E-state index in [0.29, 0.717) is 63.6 Å². The Balaban J connectivity index is 0.000000316. The van der Waals surface area contributed by atoms with Crippen molar-refractivity contribution in [1.29, 1.82) is 10.5 Å². The van der Waals surface area contributed by atoms with Gasteiger partial charge in [-0.1, -0.05) is 27.0 Å². The van der Waals surface area contributed by atoms with E-state index in [9.17, 15) is 32.2 Å². The lowest BCUT2D eigenvalue weighted by Gasteiger charge is -2.32. The number of nitrogens with zero attached hydrogens (tertiary/aromatic N) is 4. The largest absolute Gasteiger partial charge is 0.456 e. The minimum Gasteiger partial charge on any atom is -0.456 e. The van der Waals surface area contributed by atoms with Crippen molar-refractivity contribution >= 4 is 25.9 Å². The number of sulfonamides is 1. The van der Waals surface area contributed by atoms with Crippen LogP contribution in [0.3, 0.4) is 0 Å². The lowest BCUT2D eigenvalue weighted by Crippen LogP contribution is -2.48. The van der Waals surface area contributed by atoms with Crippen LogP contribution in [-0.4, -0.2) is 82.6 Å². The zero-order chi connectivity index (χ0) is 42.2. The molecule has 2 aliphatic heterocycles. The molecule has 0 bridgehead atoms. The maximum Gasteiger partial charge on any atom is 0.317 e. The van der Waals surface area contributed by atoms with E-state index in [1.807, 2.05) is 90.1 Å². The molecular weight excluding hydrogens is 801 g/mol. The number of sulfone groups is 1. The minimum absolute atomic E-state index is 0. The Labute approximate surface area is 356 Å². The van der Waals surface area contributed by atoms with Gasteiger partial charge in [0, 0.05) is 45.3 Å². The Morgan fingerprint density at radius 3 is 1.57 bits per heavy atom. The van der Waals surface area contributed by atoms with Gasteiger partial charge in [-0.3, -0.25) is 0 Å². The van der Waals surface area contributed by atoms with Gasteiger partial charge in [-0.25, -0.2) is 21.6 Å². The average Bonchev–Trinajstić information content (AvgIpc) is 3.17. The van der Waals surface area contributed by atoms with Crippen LogP contribution in [0, 0.1) is 50.4 Å². The number of ether oxygens (including phenoxy) is 2. The molecule has 2 fully saturated rings.